The number of carboxylic acid groups (broad SMARTS) is 1. The summed E-state index contributed by atoms with van der Waals surface area (Å²) in [6, 6.07) is 6.75. The first-order chi connectivity index (χ1) is 10.2. The predicted octanol–water partition coefficient (Wildman–Crippen LogP) is 2.34. The number of aromatic nitrogens is 1. The van der Waals surface area contributed by atoms with Gasteiger partial charge in [0.15, 0.2) is 0 Å². The van der Waals surface area contributed by atoms with E-state index in [4.69, 9.17) is 5.73 Å². The Bertz CT molecular complexity index is 700. The zero-order valence-corrected chi connectivity index (χ0v) is 13.0. The highest BCUT2D eigenvalue weighted by molar-refractivity contribution is 5.87. The van der Waals surface area contributed by atoms with Gasteiger partial charge in [0, 0.05) is 29.1 Å². The first kappa shape index (κ1) is 15.9. The SMILES string of the molecule is CC(C)(C)N(C(=O)O)[C@H](Cc1c[nH]c2ccccc12)C(N)=O. The molecular formula is C16H21N3O3. The normalized spacial score (nSPS) is 13.0. The van der Waals surface area contributed by atoms with Gasteiger partial charge in [-0.15, -0.1) is 0 Å². The number of nitrogens with zero attached hydrogens (tertiary/aromatic N) is 1. The van der Waals surface area contributed by atoms with Crippen LogP contribution in [0.1, 0.15) is 26.3 Å². The fourth-order valence-electron chi connectivity index (χ4n) is 2.72. The average Bonchev–Trinajstić information content (AvgIpc) is 2.79. The lowest BCUT2D eigenvalue weighted by molar-refractivity contribution is -0.124. The molecule has 2 amide bonds. The van der Waals surface area contributed by atoms with Crippen LogP contribution in [0.5, 0.6) is 0 Å². The van der Waals surface area contributed by atoms with Gasteiger partial charge >= 0.3 is 6.09 Å². The van der Waals surface area contributed by atoms with Gasteiger partial charge in [-0.2, -0.15) is 0 Å². The summed E-state index contributed by atoms with van der Waals surface area (Å²) in [5, 5.41) is 10.4. The lowest BCUT2D eigenvalue weighted by Crippen LogP contribution is -2.56. The second-order valence-corrected chi connectivity index (χ2v) is 6.31. The molecule has 0 aliphatic carbocycles. The Balaban J connectivity index is 2.41. The van der Waals surface area contributed by atoms with Crippen LogP contribution in [0.25, 0.3) is 10.9 Å². The summed E-state index contributed by atoms with van der Waals surface area (Å²) in [5.74, 6) is -0.650. The summed E-state index contributed by atoms with van der Waals surface area (Å²) in [6.45, 7) is 5.23. The Morgan fingerprint density at radius 1 is 1.32 bits per heavy atom. The van der Waals surface area contributed by atoms with Crippen LogP contribution >= 0.6 is 0 Å². The van der Waals surface area contributed by atoms with E-state index in [0.29, 0.717) is 0 Å². The number of amides is 2. The molecule has 6 heteroatoms. The standard InChI is InChI=1S/C16H21N3O3/c1-16(2,3)19(15(21)22)13(14(17)20)8-10-9-18-12-7-5-4-6-11(10)12/h4-7,9,13,18H,8H2,1-3H3,(H2,17,20)(H,21,22)/t13-/m1/s1. The third kappa shape index (κ3) is 3.05. The van der Waals surface area contributed by atoms with Gasteiger partial charge in [0.05, 0.1) is 0 Å². The van der Waals surface area contributed by atoms with Crippen LogP contribution in [-0.2, 0) is 11.2 Å². The zero-order valence-electron chi connectivity index (χ0n) is 13.0. The lowest BCUT2D eigenvalue weighted by atomic mass is 9.98. The molecule has 1 aromatic carbocycles. The minimum Gasteiger partial charge on any atom is -0.465 e. The van der Waals surface area contributed by atoms with E-state index in [1.807, 2.05) is 24.3 Å². The highest BCUT2D eigenvalue weighted by Gasteiger charge is 2.36. The first-order valence-corrected chi connectivity index (χ1v) is 7.08. The summed E-state index contributed by atoms with van der Waals surface area (Å²) < 4.78 is 0. The van der Waals surface area contributed by atoms with Gasteiger partial charge < -0.3 is 15.8 Å². The Morgan fingerprint density at radius 3 is 2.50 bits per heavy atom. The number of hydrogen-bond acceptors (Lipinski definition) is 2. The number of carbonyl (C=O) groups excluding carboxylic acids is 1. The van der Waals surface area contributed by atoms with Crippen LogP contribution in [0.2, 0.25) is 0 Å². The fourth-order valence-corrected chi connectivity index (χ4v) is 2.72. The molecular weight excluding hydrogens is 282 g/mol. The average molecular weight is 303 g/mol. The lowest BCUT2D eigenvalue weighted by Gasteiger charge is -2.38. The van der Waals surface area contributed by atoms with Gasteiger partial charge in [-0.3, -0.25) is 9.69 Å². The molecule has 1 atom stereocenters. The number of primary amides is 1. The summed E-state index contributed by atoms with van der Waals surface area (Å²) in [5.41, 5.74) is 6.57. The highest BCUT2D eigenvalue weighted by atomic mass is 16.4. The Labute approximate surface area is 128 Å². The number of nitrogens with one attached hydrogen (secondary N) is 1. The van der Waals surface area contributed by atoms with E-state index in [2.05, 4.69) is 4.98 Å². The van der Waals surface area contributed by atoms with Crippen molar-refractivity contribution < 1.29 is 14.7 Å². The molecule has 1 aromatic heterocycles. The van der Waals surface area contributed by atoms with Crippen molar-refractivity contribution >= 4 is 22.9 Å². The van der Waals surface area contributed by atoms with E-state index >= 15 is 0 Å². The molecule has 0 bridgehead atoms. The molecule has 2 rings (SSSR count). The van der Waals surface area contributed by atoms with E-state index in [0.717, 1.165) is 21.4 Å². The van der Waals surface area contributed by atoms with Crippen LogP contribution in [0.3, 0.4) is 0 Å². The van der Waals surface area contributed by atoms with E-state index in [-0.39, 0.29) is 6.42 Å². The van der Waals surface area contributed by atoms with Crippen LogP contribution in [0.15, 0.2) is 30.5 Å². The zero-order chi connectivity index (χ0) is 16.5. The van der Waals surface area contributed by atoms with Crippen molar-refractivity contribution in [3.05, 3.63) is 36.0 Å². The van der Waals surface area contributed by atoms with Crippen molar-refractivity contribution in [3.63, 3.8) is 0 Å². The van der Waals surface area contributed by atoms with E-state index in [1.54, 1.807) is 27.0 Å². The fraction of sp³-hybridized carbons (Fsp3) is 0.375. The second-order valence-electron chi connectivity index (χ2n) is 6.31. The summed E-state index contributed by atoms with van der Waals surface area (Å²) in [4.78, 5) is 27.7. The molecule has 6 nitrogen and oxygen atoms in total. The molecule has 0 aliphatic heterocycles. The summed E-state index contributed by atoms with van der Waals surface area (Å²) >= 11 is 0. The number of fused-ring (bicyclic) bond motifs is 1. The largest absolute Gasteiger partial charge is 0.465 e. The molecule has 0 fully saturated rings. The van der Waals surface area contributed by atoms with Crippen molar-refractivity contribution in [2.24, 2.45) is 5.73 Å². The molecule has 118 valence electrons. The Hall–Kier alpha value is -2.50. The molecule has 4 N–H and O–H groups in total. The molecule has 0 aliphatic rings. The van der Waals surface area contributed by atoms with Crippen molar-refractivity contribution in [1.82, 2.24) is 9.88 Å². The number of carbonyl (C=O) groups is 2. The molecule has 22 heavy (non-hydrogen) atoms. The number of nitrogens with two attached hydrogens (primary N) is 1. The van der Waals surface area contributed by atoms with Crippen molar-refractivity contribution in [2.75, 3.05) is 0 Å². The minimum atomic E-state index is -1.16. The maximum Gasteiger partial charge on any atom is 0.408 e. The predicted molar refractivity (Wildman–Crippen MR) is 84.6 cm³/mol. The monoisotopic (exact) mass is 303 g/mol. The van der Waals surface area contributed by atoms with Gasteiger partial charge in [0.2, 0.25) is 5.91 Å². The van der Waals surface area contributed by atoms with E-state index in [1.165, 1.54) is 0 Å². The number of benzene rings is 1. The first-order valence-electron chi connectivity index (χ1n) is 7.08. The summed E-state index contributed by atoms with van der Waals surface area (Å²) in [7, 11) is 0. The third-order valence-corrected chi connectivity index (χ3v) is 3.66. The van der Waals surface area contributed by atoms with Crippen molar-refractivity contribution in [1.29, 1.82) is 0 Å². The van der Waals surface area contributed by atoms with Crippen LogP contribution in [0.4, 0.5) is 4.79 Å². The maximum absolute atomic E-state index is 11.9. The number of para-hydroxylation sites is 1. The van der Waals surface area contributed by atoms with Gasteiger partial charge in [-0.25, -0.2) is 4.79 Å². The van der Waals surface area contributed by atoms with Crippen molar-refractivity contribution in [3.8, 4) is 0 Å². The van der Waals surface area contributed by atoms with Crippen LogP contribution in [-0.4, -0.2) is 38.6 Å². The van der Waals surface area contributed by atoms with Crippen LogP contribution < -0.4 is 5.73 Å². The molecule has 0 radical (unpaired) electrons. The second kappa shape index (κ2) is 5.71. The molecule has 0 saturated carbocycles. The van der Waals surface area contributed by atoms with Gasteiger partial charge in [-0.05, 0) is 32.4 Å². The topological polar surface area (TPSA) is 99.4 Å². The molecule has 0 spiro atoms. The number of hydrogen-bond donors (Lipinski definition) is 3. The molecule has 2 aromatic rings. The van der Waals surface area contributed by atoms with E-state index in [9.17, 15) is 14.7 Å². The Kier molecular flexibility index (Phi) is 4.12. The smallest absolute Gasteiger partial charge is 0.408 e. The Morgan fingerprint density at radius 2 is 1.95 bits per heavy atom. The van der Waals surface area contributed by atoms with Gasteiger partial charge in [-0.1, -0.05) is 18.2 Å². The number of H-pyrrole nitrogens is 1. The van der Waals surface area contributed by atoms with Crippen LogP contribution in [0, 0.1) is 0 Å². The number of aromatic amines is 1. The molecule has 0 unspecified atom stereocenters. The highest BCUT2D eigenvalue weighted by Crippen LogP contribution is 2.24. The third-order valence-electron chi connectivity index (χ3n) is 3.66. The van der Waals surface area contributed by atoms with Crippen molar-refractivity contribution in [2.45, 2.75) is 38.8 Å². The van der Waals surface area contributed by atoms with E-state index < -0.39 is 23.6 Å². The van der Waals surface area contributed by atoms with Gasteiger partial charge in [0.1, 0.15) is 6.04 Å². The maximum atomic E-state index is 11.9. The molecule has 0 saturated heterocycles. The number of rotatable bonds is 4. The van der Waals surface area contributed by atoms with Gasteiger partial charge in [0.25, 0.3) is 0 Å². The minimum absolute atomic E-state index is 0.239. The molecule has 1 heterocycles. The summed E-state index contributed by atoms with van der Waals surface area (Å²) in [6.07, 6.45) is 0.878. The quantitative estimate of drug-likeness (QED) is 0.808.